The summed E-state index contributed by atoms with van der Waals surface area (Å²) < 4.78 is 0. The Bertz CT molecular complexity index is 797. The minimum Gasteiger partial charge on any atom is -0.366 e. The van der Waals surface area contributed by atoms with Crippen molar-refractivity contribution in [2.75, 3.05) is 6.54 Å². The molecule has 146 valence electrons. The summed E-state index contributed by atoms with van der Waals surface area (Å²) in [6, 6.07) is 12.5. The molecule has 2 aromatic carbocycles. The lowest BCUT2D eigenvalue weighted by molar-refractivity contribution is 0.100. The number of hydrogen-bond acceptors (Lipinski definition) is 2. The van der Waals surface area contributed by atoms with E-state index in [1.54, 1.807) is 18.2 Å². The van der Waals surface area contributed by atoms with Crippen LogP contribution in [-0.4, -0.2) is 18.4 Å². The molecule has 5 nitrogen and oxygen atoms in total. The molecule has 1 amide bonds. The predicted octanol–water partition coefficient (Wildman–Crippen LogP) is 4.53. The van der Waals surface area contributed by atoms with E-state index in [0.717, 1.165) is 17.7 Å². The summed E-state index contributed by atoms with van der Waals surface area (Å²) >= 11 is 12.2. The lowest BCUT2D eigenvalue weighted by atomic mass is 10.1. The van der Waals surface area contributed by atoms with Gasteiger partial charge in [0.25, 0.3) is 0 Å². The van der Waals surface area contributed by atoms with Gasteiger partial charge in [-0.05, 0) is 49.2 Å². The molecule has 27 heavy (non-hydrogen) atoms. The fraction of sp³-hybridized carbons (Fsp3) is 0.263. The van der Waals surface area contributed by atoms with Gasteiger partial charge in [0.05, 0.1) is 12.6 Å². The highest BCUT2D eigenvalue weighted by Gasteiger charge is 2.11. The number of aliphatic imine (C=N–C) groups is 1. The first-order chi connectivity index (χ1) is 12.4. The maximum absolute atomic E-state index is 11.1. The molecular weight excluding hydrogens is 498 g/mol. The fourth-order valence-corrected chi connectivity index (χ4v) is 2.97. The van der Waals surface area contributed by atoms with E-state index in [9.17, 15) is 4.79 Å². The summed E-state index contributed by atoms with van der Waals surface area (Å²) in [6.45, 7) is 5.20. The zero-order valence-corrected chi connectivity index (χ0v) is 19.0. The van der Waals surface area contributed by atoms with Crippen LogP contribution in [0.2, 0.25) is 10.0 Å². The molecule has 0 bridgehead atoms. The molecule has 0 radical (unpaired) electrons. The summed E-state index contributed by atoms with van der Waals surface area (Å²) in [5, 5.41) is 7.75. The number of nitrogens with zero attached hydrogens (tertiary/aromatic N) is 1. The average Bonchev–Trinajstić information content (AvgIpc) is 2.60. The van der Waals surface area contributed by atoms with Crippen LogP contribution >= 0.6 is 47.2 Å². The van der Waals surface area contributed by atoms with Gasteiger partial charge in [0.15, 0.2) is 5.96 Å². The van der Waals surface area contributed by atoms with Gasteiger partial charge in [-0.3, -0.25) is 4.79 Å². The summed E-state index contributed by atoms with van der Waals surface area (Å²) in [5.74, 6) is 0.230. The third-order valence-electron chi connectivity index (χ3n) is 3.78. The van der Waals surface area contributed by atoms with Gasteiger partial charge in [0, 0.05) is 22.2 Å². The number of primary amides is 1. The van der Waals surface area contributed by atoms with Gasteiger partial charge in [-0.25, -0.2) is 4.99 Å². The van der Waals surface area contributed by atoms with Gasteiger partial charge in [0.1, 0.15) is 0 Å². The van der Waals surface area contributed by atoms with E-state index in [2.05, 4.69) is 15.6 Å². The first-order valence-corrected chi connectivity index (χ1v) is 9.04. The maximum atomic E-state index is 11.1. The molecule has 0 saturated carbocycles. The van der Waals surface area contributed by atoms with E-state index >= 15 is 0 Å². The largest absolute Gasteiger partial charge is 0.366 e. The Morgan fingerprint density at radius 3 is 2.41 bits per heavy atom. The SMILES string of the molecule is CCNC(=NCc1ccc(C(N)=O)cc1)NC(C)c1ccc(Cl)cc1Cl.I. The van der Waals surface area contributed by atoms with Crippen LogP contribution < -0.4 is 16.4 Å². The van der Waals surface area contributed by atoms with E-state index < -0.39 is 5.91 Å². The molecule has 0 saturated heterocycles. The number of benzene rings is 2. The molecule has 0 spiro atoms. The number of rotatable bonds is 6. The number of nitrogens with one attached hydrogen (secondary N) is 2. The van der Waals surface area contributed by atoms with Crippen molar-refractivity contribution in [3.8, 4) is 0 Å². The lowest BCUT2D eigenvalue weighted by Crippen LogP contribution is -2.38. The highest BCUT2D eigenvalue weighted by Crippen LogP contribution is 2.26. The Labute approximate surface area is 186 Å². The van der Waals surface area contributed by atoms with Crippen LogP contribution in [0.25, 0.3) is 0 Å². The van der Waals surface area contributed by atoms with Gasteiger partial charge >= 0.3 is 0 Å². The molecule has 8 heteroatoms. The first kappa shape index (κ1) is 23.5. The van der Waals surface area contributed by atoms with Crippen molar-refractivity contribution in [1.82, 2.24) is 10.6 Å². The van der Waals surface area contributed by atoms with E-state index in [1.165, 1.54) is 0 Å². The summed E-state index contributed by atoms with van der Waals surface area (Å²) in [6.07, 6.45) is 0. The van der Waals surface area contributed by atoms with Crippen molar-refractivity contribution >= 4 is 59.0 Å². The Morgan fingerprint density at radius 1 is 1.19 bits per heavy atom. The topological polar surface area (TPSA) is 79.5 Å². The molecule has 0 aliphatic carbocycles. The number of amides is 1. The monoisotopic (exact) mass is 520 g/mol. The van der Waals surface area contributed by atoms with Crippen LogP contribution in [0.1, 0.15) is 41.4 Å². The number of hydrogen-bond donors (Lipinski definition) is 3. The molecule has 4 N–H and O–H groups in total. The van der Waals surface area contributed by atoms with Gasteiger partial charge in [-0.1, -0.05) is 41.4 Å². The van der Waals surface area contributed by atoms with Gasteiger partial charge in [-0.2, -0.15) is 0 Å². The molecule has 0 aliphatic rings. The van der Waals surface area contributed by atoms with Crippen molar-refractivity contribution in [2.45, 2.75) is 26.4 Å². The second-order valence-corrected chi connectivity index (χ2v) is 6.63. The minimum atomic E-state index is -0.441. The quantitative estimate of drug-likeness (QED) is 0.297. The number of halogens is 3. The highest BCUT2D eigenvalue weighted by atomic mass is 127. The van der Waals surface area contributed by atoms with Crippen LogP contribution in [0.5, 0.6) is 0 Å². The third-order valence-corrected chi connectivity index (χ3v) is 4.35. The van der Waals surface area contributed by atoms with Crippen LogP contribution in [0.4, 0.5) is 0 Å². The van der Waals surface area contributed by atoms with Crippen molar-refractivity contribution in [1.29, 1.82) is 0 Å². The van der Waals surface area contributed by atoms with E-state index in [0.29, 0.717) is 28.1 Å². The number of guanidine groups is 1. The summed E-state index contributed by atoms with van der Waals surface area (Å²) in [5.41, 5.74) is 7.65. The average molecular weight is 521 g/mol. The Hall–Kier alpha value is -1.51. The first-order valence-electron chi connectivity index (χ1n) is 8.29. The van der Waals surface area contributed by atoms with Crippen LogP contribution in [0, 0.1) is 0 Å². The van der Waals surface area contributed by atoms with E-state index in [4.69, 9.17) is 28.9 Å². The molecule has 0 fully saturated rings. The lowest BCUT2D eigenvalue weighted by Gasteiger charge is -2.19. The molecule has 0 heterocycles. The van der Waals surface area contributed by atoms with Gasteiger partial charge in [0.2, 0.25) is 5.91 Å². The Kier molecular flexibility index (Phi) is 9.90. The van der Waals surface area contributed by atoms with E-state index in [-0.39, 0.29) is 30.0 Å². The highest BCUT2D eigenvalue weighted by molar-refractivity contribution is 14.0. The third kappa shape index (κ3) is 7.20. The summed E-state index contributed by atoms with van der Waals surface area (Å²) in [7, 11) is 0. The van der Waals surface area contributed by atoms with Gasteiger partial charge < -0.3 is 16.4 Å². The molecule has 2 aromatic rings. The second kappa shape index (κ2) is 11.4. The van der Waals surface area contributed by atoms with Crippen molar-refractivity contribution in [3.63, 3.8) is 0 Å². The van der Waals surface area contributed by atoms with Crippen molar-refractivity contribution < 1.29 is 4.79 Å². The molecular formula is C19H23Cl2IN4O. The fourth-order valence-electron chi connectivity index (χ4n) is 2.40. The van der Waals surface area contributed by atoms with Crippen molar-refractivity contribution in [3.05, 3.63) is 69.2 Å². The number of nitrogens with two attached hydrogens (primary N) is 1. The molecule has 0 aromatic heterocycles. The second-order valence-electron chi connectivity index (χ2n) is 5.79. The molecule has 1 unspecified atom stereocenters. The number of carbonyl (C=O) groups is 1. The molecule has 1 atom stereocenters. The smallest absolute Gasteiger partial charge is 0.248 e. The number of carbonyl (C=O) groups excluding carboxylic acids is 1. The molecule has 2 rings (SSSR count). The van der Waals surface area contributed by atoms with Crippen LogP contribution in [-0.2, 0) is 6.54 Å². The van der Waals surface area contributed by atoms with Crippen LogP contribution in [0.3, 0.4) is 0 Å². The predicted molar refractivity (Wildman–Crippen MR) is 123 cm³/mol. The Morgan fingerprint density at radius 2 is 1.85 bits per heavy atom. The van der Waals surface area contributed by atoms with Crippen LogP contribution in [0.15, 0.2) is 47.5 Å². The summed E-state index contributed by atoms with van der Waals surface area (Å²) in [4.78, 5) is 15.7. The van der Waals surface area contributed by atoms with Crippen molar-refractivity contribution in [2.24, 2.45) is 10.7 Å². The minimum absolute atomic E-state index is 0. The standard InChI is InChI=1S/C19H22Cl2N4O.HI/c1-3-23-19(24-11-13-4-6-14(7-5-13)18(22)26)25-12(2)16-9-8-15(20)10-17(16)21;/h4-10,12H,3,11H2,1-2H3,(H2,22,26)(H2,23,24,25);1H. The maximum Gasteiger partial charge on any atom is 0.248 e. The Balaban J connectivity index is 0.00000364. The van der Waals surface area contributed by atoms with Gasteiger partial charge in [-0.15, -0.1) is 24.0 Å². The zero-order valence-electron chi connectivity index (χ0n) is 15.1. The van der Waals surface area contributed by atoms with E-state index in [1.807, 2.05) is 38.1 Å². The molecule has 0 aliphatic heterocycles. The normalized spacial score (nSPS) is 12.1. The zero-order chi connectivity index (χ0) is 19.1.